The summed E-state index contributed by atoms with van der Waals surface area (Å²) in [6.45, 7) is 9.11. The molecule has 0 amide bonds. The molecule has 0 saturated carbocycles. The van der Waals surface area contributed by atoms with Gasteiger partial charge in [-0.1, -0.05) is 31.3 Å². The molecule has 3 rings (SSSR count). The van der Waals surface area contributed by atoms with Crippen LogP contribution in [0.2, 0.25) is 0 Å². The van der Waals surface area contributed by atoms with Crippen LogP contribution < -0.4 is 9.64 Å². The van der Waals surface area contributed by atoms with E-state index in [1.165, 1.54) is 0 Å². The predicted molar refractivity (Wildman–Crippen MR) is 93.4 cm³/mol. The molecule has 0 unspecified atom stereocenters. The van der Waals surface area contributed by atoms with Gasteiger partial charge in [-0.05, 0) is 31.7 Å². The average Bonchev–Trinajstić information content (AvgIpc) is 3.04. The van der Waals surface area contributed by atoms with Crippen LogP contribution in [-0.4, -0.2) is 34.9 Å². The zero-order chi connectivity index (χ0) is 16.2. The van der Waals surface area contributed by atoms with Gasteiger partial charge in [-0.2, -0.15) is 0 Å². The minimum atomic E-state index is 0.453. The number of nitrogens with zero attached hydrogens (tertiary/aromatic N) is 4. The van der Waals surface area contributed by atoms with Crippen molar-refractivity contribution in [3.8, 4) is 5.88 Å². The molecular weight excluding hydrogens is 308 g/mol. The van der Waals surface area contributed by atoms with E-state index in [0.717, 1.165) is 54.3 Å². The first-order valence-corrected chi connectivity index (χ1v) is 9.08. The van der Waals surface area contributed by atoms with Gasteiger partial charge < -0.3 is 9.64 Å². The summed E-state index contributed by atoms with van der Waals surface area (Å²) in [6, 6.07) is 5.90. The Labute approximate surface area is 141 Å². The molecule has 1 aliphatic heterocycles. The number of pyridine rings is 1. The lowest BCUT2D eigenvalue weighted by Crippen LogP contribution is -2.35. The maximum Gasteiger partial charge on any atom is 0.213 e. The highest BCUT2D eigenvalue weighted by molar-refractivity contribution is 7.15. The van der Waals surface area contributed by atoms with E-state index < -0.39 is 0 Å². The van der Waals surface area contributed by atoms with Gasteiger partial charge in [0.05, 0.1) is 6.61 Å². The summed E-state index contributed by atoms with van der Waals surface area (Å²) in [7, 11) is 0. The number of rotatable bonds is 5. The molecule has 0 N–H and O–H groups in total. The Morgan fingerprint density at radius 1 is 1.26 bits per heavy atom. The summed E-state index contributed by atoms with van der Waals surface area (Å²) in [5.41, 5.74) is 0.995. The fourth-order valence-corrected chi connectivity index (χ4v) is 3.58. The van der Waals surface area contributed by atoms with Crippen molar-refractivity contribution < 1.29 is 4.74 Å². The highest BCUT2D eigenvalue weighted by Crippen LogP contribution is 2.29. The molecule has 2 aromatic rings. The van der Waals surface area contributed by atoms with E-state index in [9.17, 15) is 0 Å². The van der Waals surface area contributed by atoms with Crippen molar-refractivity contribution in [2.45, 2.75) is 39.5 Å². The Morgan fingerprint density at radius 2 is 2.04 bits per heavy atom. The first-order valence-electron chi connectivity index (χ1n) is 8.26. The van der Waals surface area contributed by atoms with Gasteiger partial charge in [-0.15, -0.1) is 10.2 Å². The van der Waals surface area contributed by atoms with Gasteiger partial charge in [0.1, 0.15) is 5.01 Å². The Balaban J connectivity index is 1.48. The second-order valence-corrected chi connectivity index (χ2v) is 7.42. The molecule has 2 aromatic heterocycles. The lowest BCUT2D eigenvalue weighted by atomic mass is 9.98. The number of piperidine rings is 1. The van der Waals surface area contributed by atoms with Crippen molar-refractivity contribution in [3.05, 3.63) is 28.9 Å². The Morgan fingerprint density at radius 3 is 2.70 bits per heavy atom. The number of hydrogen-bond acceptors (Lipinski definition) is 6. The second-order valence-electron chi connectivity index (χ2n) is 6.44. The van der Waals surface area contributed by atoms with E-state index in [2.05, 4.69) is 33.9 Å². The molecule has 0 radical (unpaired) electrons. The number of aryl methyl sites for hydroxylation is 1. The quantitative estimate of drug-likeness (QED) is 0.836. The van der Waals surface area contributed by atoms with Gasteiger partial charge in [0.2, 0.25) is 11.0 Å². The van der Waals surface area contributed by atoms with E-state index in [-0.39, 0.29) is 0 Å². The Kier molecular flexibility index (Phi) is 5.10. The summed E-state index contributed by atoms with van der Waals surface area (Å²) in [6.07, 6.45) is 2.25. The van der Waals surface area contributed by atoms with Crippen LogP contribution in [-0.2, 0) is 0 Å². The third kappa shape index (κ3) is 4.19. The van der Waals surface area contributed by atoms with Crippen molar-refractivity contribution in [1.82, 2.24) is 15.2 Å². The van der Waals surface area contributed by atoms with Crippen molar-refractivity contribution >= 4 is 16.5 Å². The number of anilines is 1. The fraction of sp³-hybridized carbons (Fsp3) is 0.588. The summed E-state index contributed by atoms with van der Waals surface area (Å²) >= 11 is 1.72. The summed E-state index contributed by atoms with van der Waals surface area (Å²) in [4.78, 5) is 6.74. The summed E-state index contributed by atoms with van der Waals surface area (Å²) in [5, 5.41) is 10.8. The molecule has 1 fully saturated rings. The average molecular weight is 332 g/mol. The monoisotopic (exact) mass is 332 g/mol. The van der Waals surface area contributed by atoms with Gasteiger partial charge in [0.15, 0.2) is 0 Å². The van der Waals surface area contributed by atoms with Gasteiger partial charge in [-0.3, -0.25) is 0 Å². The molecule has 0 spiro atoms. The van der Waals surface area contributed by atoms with E-state index in [0.29, 0.717) is 11.8 Å². The van der Waals surface area contributed by atoms with Crippen LogP contribution in [0.1, 0.15) is 43.3 Å². The standard InChI is InChI=1S/C17H24N4OS/c1-12(2)16-19-20-17(23-16)21-9-7-14(8-10-21)11-22-15-6-4-5-13(3)18-15/h4-6,12,14H,7-11H2,1-3H3. The van der Waals surface area contributed by atoms with Crippen LogP contribution in [0.5, 0.6) is 5.88 Å². The number of ether oxygens (including phenoxy) is 1. The lowest BCUT2D eigenvalue weighted by molar-refractivity contribution is 0.216. The first-order chi connectivity index (χ1) is 11.1. The first kappa shape index (κ1) is 16.2. The van der Waals surface area contributed by atoms with Crippen molar-refractivity contribution in [2.24, 2.45) is 5.92 Å². The summed E-state index contributed by atoms with van der Waals surface area (Å²) < 4.78 is 5.85. The maximum atomic E-state index is 5.85. The smallest absolute Gasteiger partial charge is 0.213 e. The third-order valence-electron chi connectivity index (χ3n) is 4.14. The van der Waals surface area contributed by atoms with Crippen molar-refractivity contribution in [1.29, 1.82) is 0 Å². The number of hydrogen-bond donors (Lipinski definition) is 0. The molecule has 1 aliphatic rings. The molecule has 1 saturated heterocycles. The molecule has 0 aromatic carbocycles. The number of aromatic nitrogens is 3. The van der Waals surface area contributed by atoms with Gasteiger partial charge in [0, 0.05) is 30.8 Å². The lowest BCUT2D eigenvalue weighted by Gasteiger charge is -2.31. The van der Waals surface area contributed by atoms with E-state index >= 15 is 0 Å². The largest absolute Gasteiger partial charge is 0.477 e. The molecular formula is C17H24N4OS. The SMILES string of the molecule is Cc1cccc(OCC2CCN(c3nnc(C(C)C)s3)CC2)n1. The van der Waals surface area contributed by atoms with E-state index in [4.69, 9.17) is 4.74 Å². The molecule has 124 valence electrons. The molecule has 23 heavy (non-hydrogen) atoms. The molecule has 3 heterocycles. The van der Waals surface area contributed by atoms with Crippen LogP contribution in [0.15, 0.2) is 18.2 Å². The van der Waals surface area contributed by atoms with E-state index in [1.807, 2.05) is 25.1 Å². The zero-order valence-corrected chi connectivity index (χ0v) is 14.8. The van der Waals surface area contributed by atoms with Crippen LogP contribution in [0.3, 0.4) is 0 Å². The predicted octanol–water partition coefficient (Wildman–Crippen LogP) is 3.66. The maximum absolute atomic E-state index is 5.85. The highest BCUT2D eigenvalue weighted by Gasteiger charge is 2.22. The van der Waals surface area contributed by atoms with Gasteiger partial charge >= 0.3 is 0 Å². The van der Waals surface area contributed by atoms with Crippen molar-refractivity contribution in [2.75, 3.05) is 24.6 Å². The zero-order valence-electron chi connectivity index (χ0n) is 14.0. The minimum Gasteiger partial charge on any atom is -0.477 e. The molecule has 0 bridgehead atoms. The van der Waals surface area contributed by atoms with Crippen LogP contribution in [0.25, 0.3) is 0 Å². The molecule has 6 heteroatoms. The molecule has 5 nitrogen and oxygen atoms in total. The Bertz CT molecular complexity index is 635. The Hall–Kier alpha value is -1.69. The summed E-state index contributed by atoms with van der Waals surface area (Å²) in [5.74, 6) is 1.78. The van der Waals surface area contributed by atoms with Crippen molar-refractivity contribution in [3.63, 3.8) is 0 Å². The van der Waals surface area contributed by atoms with Crippen LogP contribution in [0.4, 0.5) is 5.13 Å². The highest BCUT2D eigenvalue weighted by atomic mass is 32.1. The topological polar surface area (TPSA) is 51.1 Å². The van der Waals surface area contributed by atoms with Crippen LogP contribution in [0, 0.1) is 12.8 Å². The molecule has 0 aliphatic carbocycles. The fourth-order valence-electron chi connectivity index (χ4n) is 2.68. The second kappa shape index (κ2) is 7.25. The third-order valence-corrected chi connectivity index (χ3v) is 5.42. The normalized spacial score (nSPS) is 16.1. The van der Waals surface area contributed by atoms with Gasteiger partial charge in [0.25, 0.3) is 0 Å². The van der Waals surface area contributed by atoms with E-state index in [1.54, 1.807) is 11.3 Å². The van der Waals surface area contributed by atoms with Gasteiger partial charge in [-0.25, -0.2) is 4.98 Å². The minimum absolute atomic E-state index is 0.453. The molecule has 0 atom stereocenters. The van der Waals surface area contributed by atoms with Crippen LogP contribution >= 0.6 is 11.3 Å².